The lowest BCUT2D eigenvalue weighted by Crippen LogP contribution is -2.38. The maximum Gasteiger partial charge on any atom is 0.219 e. The number of hydrogen-bond acceptors (Lipinski definition) is 5. The summed E-state index contributed by atoms with van der Waals surface area (Å²) in [5.41, 5.74) is 3.26. The van der Waals surface area contributed by atoms with Crippen LogP contribution >= 0.6 is 0 Å². The van der Waals surface area contributed by atoms with E-state index in [0.717, 1.165) is 42.3 Å². The molecule has 1 fully saturated rings. The van der Waals surface area contributed by atoms with Crippen LogP contribution in [0.5, 0.6) is 0 Å². The third-order valence-corrected chi connectivity index (χ3v) is 6.20. The van der Waals surface area contributed by atoms with Crippen molar-refractivity contribution >= 4 is 11.7 Å². The minimum Gasteiger partial charge on any atom is -0.369 e. The van der Waals surface area contributed by atoms with Crippen LogP contribution in [0.25, 0.3) is 11.5 Å². The highest BCUT2D eigenvalue weighted by molar-refractivity contribution is 5.74. The number of nitrogens with one attached hydrogen (secondary N) is 1. The molecule has 2 aliphatic rings. The quantitative estimate of drug-likeness (QED) is 0.879. The number of anilines is 1. The second kappa shape index (κ2) is 7.25. The molecule has 2 aromatic heterocycles. The van der Waals surface area contributed by atoms with Crippen molar-refractivity contribution in [2.75, 3.05) is 18.4 Å². The Bertz CT molecular complexity index is 826. The predicted octanol–water partition coefficient (Wildman–Crippen LogP) is 3.44. The first-order valence-electron chi connectivity index (χ1n) is 9.91. The summed E-state index contributed by atoms with van der Waals surface area (Å²) in [4.78, 5) is 27.7. The molecule has 6 heteroatoms. The fourth-order valence-electron chi connectivity index (χ4n) is 4.06. The standard InChI is InChI=1S/C21H27N5O/c1-3-21(9-6-10-21)14-23-19-16-8-12-26(15(2)27)13-18(16)24-20(25-19)17-7-4-5-11-22-17/h4-5,7,11H,3,6,8-10,12-14H2,1-2H3,(H,23,24,25). The second-order valence-electron chi connectivity index (χ2n) is 7.79. The monoisotopic (exact) mass is 365 g/mol. The van der Waals surface area contributed by atoms with Gasteiger partial charge >= 0.3 is 0 Å². The molecule has 2 aromatic rings. The van der Waals surface area contributed by atoms with Gasteiger partial charge in [-0.2, -0.15) is 0 Å². The molecular weight excluding hydrogens is 338 g/mol. The Morgan fingerprint density at radius 2 is 2.15 bits per heavy atom. The van der Waals surface area contributed by atoms with E-state index in [2.05, 4.69) is 17.2 Å². The van der Waals surface area contributed by atoms with Crippen molar-refractivity contribution in [2.45, 2.75) is 52.5 Å². The van der Waals surface area contributed by atoms with Crippen molar-refractivity contribution in [3.8, 4) is 11.5 Å². The van der Waals surface area contributed by atoms with E-state index in [-0.39, 0.29) is 5.91 Å². The van der Waals surface area contributed by atoms with E-state index in [1.807, 2.05) is 23.1 Å². The van der Waals surface area contributed by atoms with E-state index in [1.54, 1.807) is 13.1 Å². The van der Waals surface area contributed by atoms with Gasteiger partial charge < -0.3 is 10.2 Å². The largest absolute Gasteiger partial charge is 0.369 e. The van der Waals surface area contributed by atoms with Gasteiger partial charge in [-0.25, -0.2) is 9.97 Å². The number of hydrogen-bond donors (Lipinski definition) is 1. The number of pyridine rings is 1. The number of carbonyl (C=O) groups excluding carboxylic acids is 1. The van der Waals surface area contributed by atoms with Crippen molar-refractivity contribution in [3.05, 3.63) is 35.7 Å². The molecule has 4 rings (SSSR count). The van der Waals surface area contributed by atoms with E-state index in [4.69, 9.17) is 9.97 Å². The first-order valence-corrected chi connectivity index (χ1v) is 9.91. The van der Waals surface area contributed by atoms with Crippen LogP contribution < -0.4 is 5.32 Å². The molecule has 3 heterocycles. The number of carbonyl (C=O) groups is 1. The fraction of sp³-hybridized carbons (Fsp3) is 0.524. The van der Waals surface area contributed by atoms with Crippen LogP contribution in [0.2, 0.25) is 0 Å². The maximum atomic E-state index is 11.8. The number of nitrogens with zero attached hydrogens (tertiary/aromatic N) is 4. The zero-order valence-corrected chi connectivity index (χ0v) is 16.2. The highest BCUT2D eigenvalue weighted by Crippen LogP contribution is 2.44. The van der Waals surface area contributed by atoms with Gasteiger partial charge in [0.05, 0.1) is 12.2 Å². The number of fused-ring (bicyclic) bond motifs is 1. The van der Waals surface area contributed by atoms with Crippen molar-refractivity contribution in [3.63, 3.8) is 0 Å². The van der Waals surface area contributed by atoms with Gasteiger partial charge in [-0.1, -0.05) is 19.4 Å². The molecule has 0 radical (unpaired) electrons. The number of rotatable bonds is 5. The van der Waals surface area contributed by atoms with E-state index in [1.165, 1.54) is 25.7 Å². The van der Waals surface area contributed by atoms with Gasteiger partial charge in [0.15, 0.2) is 5.82 Å². The van der Waals surface area contributed by atoms with Gasteiger partial charge in [-0.05, 0) is 43.2 Å². The van der Waals surface area contributed by atoms with Crippen LogP contribution in [-0.4, -0.2) is 38.8 Å². The lowest BCUT2D eigenvalue weighted by atomic mass is 9.67. The molecule has 1 aliphatic carbocycles. The molecule has 1 aliphatic heterocycles. The Hall–Kier alpha value is -2.50. The van der Waals surface area contributed by atoms with E-state index in [9.17, 15) is 4.79 Å². The van der Waals surface area contributed by atoms with E-state index < -0.39 is 0 Å². The molecule has 1 saturated carbocycles. The number of amides is 1. The highest BCUT2D eigenvalue weighted by atomic mass is 16.2. The molecule has 1 N–H and O–H groups in total. The topological polar surface area (TPSA) is 71.0 Å². The fourth-order valence-corrected chi connectivity index (χ4v) is 4.06. The van der Waals surface area contributed by atoms with Gasteiger partial charge in [-0.15, -0.1) is 0 Å². The van der Waals surface area contributed by atoms with Crippen LogP contribution in [0.1, 0.15) is 50.8 Å². The van der Waals surface area contributed by atoms with Crippen molar-refractivity contribution < 1.29 is 4.79 Å². The molecular formula is C21H27N5O. The normalized spacial score (nSPS) is 17.8. The molecule has 0 bridgehead atoms. The minimum absolute atomic E-state index is 0.0903. The molecule has 0 unspecified atom stereocenters. The first-order chi connectivity index (χ1) is 13.1. The lowest BCUT2D eigenvalue weighted by molar-refractivity contribution is -0.129. The van der Waals surface area contributed by atoms with Crippen LogP contribution in [0.4, 0.5) is 5.82 Å². The zero-order valence-electron chi connectivity index (χ0n) is 16.2. The third kappa shape index (κ3) is 3.53. The molecule has 27 heavy (non-hydrogen) atoms. The summed E-state index contributed by atoms with van der Waals surface area (Å²) in [5, 5.41) is 3.64. The van der Waals surface area contributed by atoms with Gasteiger partial charge in [-0.3, -0.25) is 9.78 Å². The highest BCUT2D eigenvalue weighted by Gasteiger charge is 2.35. The van der Waals surface area contributed by atoms with Gasteiger partial charge in [0.2, 0.25) is 5.91 Å². The summed E-state index contributed by atoms with van der Waals surface area (Å²) < 4.78 is 0. The molecule has 0 saturated heterocycles. The Kier molecular flexibility index (Phi) is 4.81. The van der Waals surface area contributed by atoms with Gasteiger partial charge in [0, 0.05) is 31.8 Å². The van der Waals surface area contributed by atoms with E-state index in [0.29, 0.717) is 17.8 Å². The molecule has 0 aromatic carbocycles. The zero-order chi connectivity index (χ0) is 18.9. The Morgan fingerprint density at radius 3 is 2.78 bits per heavy atom. The van der Waals surface area contributed by atoms with Crippen LogP contribution in [0.3, 0.4) is 0 Å². The Morgan fingerprint density at radius 1 is 1.30 bits per heavy atom. The molecule has 0 atom stereocenters. The van der Waals surface area contributed by atoms with Gasteiger partial charge in [0.1, 0.15) is 11.5 Å². The van der Waals surface area contributed by atoms with Crippen LogP contribution in [0.15, 0.2) is 24.4 Å². The SMILES string of the molecule is CCC1(CNc2nc(-c3ccccn3)nc3c2CCN(C(C)=O)C3)CCC1. The summed E-state index contributed by atoms with van der Waals surface area (Å²) in [6, 6.07) is 5.76. The minimum atomic E-state index is 0.0903. The predicted molar refractivity (Wildman–Crippen MR) is 105 cm³/mol. The first kappa shape index (κ1) is 17.9. The summed E-state index contributed by atoms with van der Waals surface area (Å²) in [6.45, 7) is 6.11. The smallest absolute Gasteiger partial charge is 0.219 e. The van der Waals surface area contributed by atoms with E-state index >= 15 is 0 Å². The summed E-state index contributed by atoms with van der Waals surface area (Å²) in [7, 11) is 0. The molecule has 1 amide bonds. The molecule has 6 nitrogen and oxygen atoms in total. The Labute approximate surface area is 160 Å². The summed E-state index contributed by atoms with van der Waals surface area (Å²) in [6.07, 6.45) is 7.64. The van der Waals surface area contributed by atoms with Crippen molar-refractivity contribution in [1.82, 2.24) is 19.9 Å². The number of aromatic nitrogens is 3. The van der Waals surface area contributed by atoms with Crippen molar-refractivity contribution in [1.29, 1.82) is 0 Å². The summed E-state index contributed by atoms with van der Waals surface area (Å²) >= 11 is 0. The molecule has 142 valence electrons. The Balaban J connectivity index is 1.68. The third-order valence-electron chi connectivity index (χ3n) is 6.20. The lowest BCUT2D eigenvalue weighted by Gasteiger charge is -2.41. The van der Waals surface area contributed by atoms with Crippen molar-refractivity contribution in [2.24, 2.45) is 5.41 Å². The van der Waals surface area contributed by atoms with Gasteiger partial charge in [0.25, 0.3) is 0 Å². The van der Waals surface area contributed by atoms with Crippen LogP contribution in [0, 0.1) is 5.41 Å². The average Bonchev–Trinajstić information content (AvgIpc) is 2.67. The summed E-state index contributed by atoms with van der Waals surface area (Å²) in [5.74, 6) is 1.64. The maximum absolute atomic E-state index is 11.8. The average molecular weight is 365 g/mol. The molecule has 0 spiro atoms. The van der Waals surface area contributed by atoms with Crippen LogP contribution in [-0.2, 0) is 17.8 Å². The second-order valence-corrected chi connectivity index (χ2v) is 7.79.